The van der Waals surface area contributed by atoms with E-state index in [0.29, 0.717) is 5.95 Å². The van der Waals surface area contributed by atoms with Crippen molar-refractivity contribution in [3.8, 4) is 16.9 Å². The first-order valence-electron chi connectivity index (χ1n) is 10.6. The van der Waals surface area contributed by atoms with E-state index in [-0.39, 0.29) is 0 Å². The minimum Gasteiger partial charge on any atom is -0.497 e. The lowest BCUT2D eigenvalue weighted by Gasteiger charge is -2.35. The largest absolute Gasteiger partial charge is 0.497 e. The molecular formula is C23H25N7O2. The van der Waals surface area contributed by atoms with E-state index in [1.54, 1.807) is 32.8 Å². The Bertz CT molecular complexity index is 1200. The lowest BCUT2D eigenvalue weighted by Crippen LogP contribution is -2.47. The van der Waals surface area contributed by atoms with Crippen LogP contribution in [0, 0.1) is 0 Å². The van der Waals surface area contributed by atoms with Crippen LogP contribution in [0.3, 0.4) is 0 Å². The Morgan fingerprint density at radius 2 is 1.62 bits per heavy atom. The number of ether oxygens (including phenoxy) is 1. The molecule has 1 fully saturated rings. The molecule has 32 heavy (non-hydrogen) atoms. The molecule has 5 rings (SSSR count). The maximum Gasteiger partial charge on any atom is 0.225 e. The molecule has 0 radical (unpaired) electrons. The number of hydrogen-bond acceptors (Lipinski definition) is 8. The monoisotopic (exact) mass is 431 g/mol. The van der Waals surface area contributed by atoms with E-state index in [4.69, 9.17) is 4.74 Å². The molecule has 1 saturated heterocycles. The number of hydrogen-bond donors (Lipinski definition) is 1. The lowest BCUT2D eigenvalue weighted by molar-refractivity contribution is 0.198. The average Bonchev–Trinajstić information content (AvgIpc) is 3.29. The molecule has 1 unspecified atom stereocenters. The third-order valence-electron chi connectivity index (χ3n) is 5.81. The molecule has 9 heteroatoms. The molecule has 4 aromatic rings. The molecule has 3 aromatic heterocycles. The Hall–Kier alpha value is -3.72. The second kappa shape index (κ2) is 8.43. The summed E-state index contributed by atoms with van der Waals surface area (Å²) in [6.45, 7) is 4.89. The van der Waals surface area contributed by atoms with Crippen molar-refractivity contribution < 1.29 is 9.84 Å². The van der Waals surface area contributed by atoms with E-state index >= 15 is 0 Å². The zero-order chi connectivity index (χ0) is 22.1. The van der Waals surface area contributed by atoms with Gasteiger partial charge in [0.05, 0.1) is 13.2 Å². The van der Waals surface area contributed by atoms with E-state index in [2.05, 4.69) is 35.9 Å². The summed E-state index contributed by atoms with van der Waals surface area (Å²) < 4.78 is 7.14. The molecule has 0 aliphatic carbocycles. The zero-order valence-electron chi connectivity index (χ0n) is 18.1. The molecular weight excluding hydrogens is 406 g/mol. The smallest absolute Gasteiger partial charge is 0.225 e. The molecule has 1 aliphatic heterocycles. The summed E-state index contributed by atoms with van der Waals surface area (Å²) in [7, 11) is 1.67. The molecule has 0 amide bonds. The Balaban J connectivity index is 1.34. The van der Waals surface area contributed by atoms with Crippen molar-refractivity contribution >= 4 is 17.3 Å². The standard InChI is InChI=1S/C23H25N7O2/c1-16(31)19-12-24-23(25-13-19)29-9-7-28(8-10-29)22-21-11-18(14-30(21)27-15-26-22)17-3-5-20(32-2)6-4-17/h3-6,11-16,31H,7-10H2,1-2H3. The van der Waals surface area contributed by atoms with Gasteiger partial charge in [-0.1, -0.05) is 12.1 Å². The molecule has 0 spiro atoms. The highest BCUT2D eigenvalue weighted by molar-refractivity contribution is 5.78. The lowest BCUT2D eigenvalue weighted by atomic mass is 10.1. The van der Waals surface area contributed by atoms with Crippen LogP contribution in [0.4, 0.5) is 11.8 Å². The first kappa shape index (κ1) is 20.2. The van der Waals surface area contributed by atoms with Crippen LogP contribution in [-0.2, 0) is 0 Å². The van der Waals surface area contributed by atoms with Crippen LogP contribution in [-0.4, -0.2) is 63.0 Å². The van der Waals surface area contributed by atoms with Crippen molar-refractivity contribution in [2.45, 2.75) is 13.0 Å². The van der Waals surface area contributed by atoms with Gasteiger partial charge in [0, 0.05) is 55.9 Å². The van der Waals surface area contributed by atoms with Gasteiger partial charge in [-0.05, 0) is 30.7 Å². The number of aromatic nitrogens is 5. The van der Waals surface area contributed by atoms with E-state index < -0.39 is 6.10 Å². The maximum atomic E-state index is 9.65. The van der Waals surface area contributed by atoms with Crippen LogP contribution >= 0.6 is 0 Å². The number of piperazine rings is 1. The fraction of sp³-hybridized carbons (Fsp3) is 0.304. The second-order valence-electron chi connectivity index (χ2n) is 7.84. The van der Waals surface area contributed by atoms with Crippen LogP contribution in [0.15, 0.2) is 55.2 Å². The second-order valence-corrected chi connectivity index (χ2v) is 7.84. The first-order valence-corrected chi connectivity index (χ1v) is 10.6. The molecule has 1 atom stereocenters. The van der Waals surface area contributed by atoms with Gasteiger partial charge in [-0.25, -0.2) is 19.5 Å². The summed E-state index contributed by atoms with van der Waals surface area (Å²) in [4.78, 5) is 17.9. The topological polar surface area (TPSA) is 91.9 Å². The quantitative estimate of drug-likeness (QED) is 0.516. The summed E-state index contributed by atoms with van der Waals surface area (Å²) in [5.41, 5.74) is 3.88. The van der Waals surface area contributed by atoms with Crippen molar-refractivity contribution in [1.29, 1.82) is 0 Å². The Morgan fingerprint density at radius 3 is 2.28 bits per heavy atom. The van der Waals surface area contributed by atoms with E-state index in [9.17, 15) is 5.11 Å². The van der Waals surface area contributed by atoms with Gasteiger partial charge < -0.3 is 19.6 Å². The van der Waals surface area contributed by atoms with Gasteiger partial charge in [0.25, 0.3) is 0 Å². The van der Waals surface area contributed by atoms with Gasteiger partial charge in [0.2, 0.25) is 5.95 Å². The van der Waals surface area contributed by atoms with Gasteiger partial charge in [0.1, 0.15) is 17.6 Å². The summed E-state index contributed by atoms with van der Waals surface area (Å²) in [5, 5.41) is 14.1. The zero-order valence-corrected chi connectivity index (χ0v) is 18.1. The molecule has 1 aliphatic rings. The molecule has 164 valence electrons. The normalized spacial score (nSPS) is 15.2. The number of fused-ring (bicyclic) bond motifs is 1. The van der Waals surface area contributed by atoms with Crippen molar-refractivity contribution in [3.63, 3.8) is 0 Å². The highest BCUT2D eigenvalue weighted by atomic mass is 16.5. The summed E-state index contributed by atoms with van der Waals surface area (Å²) in [6, 6.07) is 10.1. The fourth-order valence-corrected chi connectivity index (χ4v) is 3.93. The first-order chi connectivity index (χ1) is 15.6. The van der Waals surface area contributed by atoms with Crippen LogP contribution in [0.5, 0.6) is 5.75 Å². The van der Waals surface area contributed by atoms with Crippen molar-refractivity contribution in [2.75, 3.05) is 43.1 Å². The number of methoxy groups -OCH3 is 1. The minimum absolute atomic E-state index is 0.564. The molecule has 0 bridgehead atoms. The minimum atomic E-state index is -0.564. The number of anilines is 2. The Morgan fingerprint density at radius 1 is 0.938 bits per heavy atom. The highest BCUT2D eigenvalue weighted by Gasteiger charge is 2.22. The Kier molecular flexibility index (Phi) is 5.32. The Labute approximate surface area is 185 Å². The van der Waals surface area contributed by atoms with Crippen molar-refractivity contribution in [2.24, 2.45) is 0 Å². The summed E-state index contributed by atoms with van der Waals surface area (Å²) in [5.74, 6) is 2.44. The van der Waals surface area contributed by atoms with Gasteiger partial charge in [-0.15, -0.1) is 0 Å². The van der Waals surface area contributed by atoms with Crippen LogP contribution < -0.4 is 14.5 Å². The number of nitrogens with zero attached hydrogens (tertiary/aromatic N) is 7. The van der Waals surface area contributed by atoms with Crippen LogP contribution in [0.1, 0.15) is 18.6 Å². The maximum absolute atomic E-state index is 9.65. The average molecular weight is 432 g/mol. The van der Waals surface area contributed by atoms with Crippen molar-refractivity contribution in [1.82, 2.24) is 24.6 Å². The molecule has 1 N–H and O–H groups in total. The van der Waals surface area contributed by atoms with Crippen LogP contribution in [0.25, 0.3) is 16.6 Å². The van der Waals surface area contributed by atoms with E-state index in [1.807, 2.05) is 35.0 Å². The van der Waals surface area contributed by atoms with E-state index in [1.165, 1.54) is 0 Å². The molecule has 9 nitrogen and oxygen atoms in total. The summed E-state index contributed by atoms with van der Waals surface area (Å²) in [6.07, 6.45) is 6.44. The van der Waals surface area contributed by atoms with Gasteiger partial charge >= 0.3 is 0 Å². The van der Waals surface area contributed by atoms with Crippen LogP contribution in [0.2, 0.25) is 0 Å². The number of aliphatic hydroxyl groups excluding tert-OH is 1. The highest BCUT2D eigenvalue weighted by Crippen LogP contribution is 2.28. The number of benzene rings is 1. The van der Waals surface area contributed by atoms with Gasteiger partial charge in [0.15, 0.2) is 5.82 Å². The molecule has 1 aromatic carbocycles. The summed E-state index contributed by atoms with van der Waals surface area (Å²) >= 11 is 0. The molecule has 0 saturated carbocycles. The van der Waals surface area contributed by atoms with Gasteiger partial charge in [-0.3, -0.25) is 0 Å². The number of rotatable bonds is 5. The van der Waals surface area contributed by atoms with Gasteiger partial charge in [-0.2, -0.15) is 5.10 Å². The SMILES string of the molecule is COc1ccc(-c2cc3c(N4CCN(c5ncc(C(C)O)cn5)CC4)ncnn3c2)cc1. The van der Waals surface area contributed by atoms with Crippen molar-refractivity contribution in [3.05, 3.63) is 60.8 Å². The number of aliphatic hydroxyl groups is 1. The molecule has 4 heterocycles. The third kappa shape index (κ3) is 3.82. The van der Waals surface area contributed by atoms with E-state index in [0.717, 1.165) is 60.0 Å². The predicted molar refractivity (Wildman–Crippen MR) is 122 cm³/mol. The fourth-order valence-electron chi connectivity index (χ4n) is 3.93. The third-order valence-corrected chi connectivity index (χ3v) is 5.81. The predicted octanol–water partition coefficient (Wildman–Crippen LogP) is 2.57.